The average molecular weight is 251 g/mol. The molecule has 0 unspecified atom stereocenters. The highest BCUT2D eigenvalue weighted by atomic mass is 16.6. The minimum atomic E-state index is -0.0242. The molecule has 0 spiro atoms. The number of nitrogens with one attached hydrogen (secondary N) is 1. The van der Waals surface area contributed by atoms with Gasteiger partial charge in [0.2, 0.25) is 11.7 Å². The van der Waals surface area contributed by atoms with E-state index < -0.39 is 0 Å². The Labute approximate surface area is 106 Å². The zero-order valence-corrected chi connectivity index (χ0v) is 10.4. The Morgan fingerprint density at radius 3 is 3.06 bits per heavy atom. The molecule has 1 aliphatic heterocycles. The summed E-state index contributed by atoms with van der Waals surface area (Å²) in [7, 11) is 0. The number of carbonyl (C=O) groups is 1. The summed E-state index contributed by atoms with van der Waals surface area (Å²) in [6, 6.07) is 5.58. The van der Waals surface area contributed by atoms with Crippen LogP contribution in [0.2, 0.25) is 0 Å². The highest BCUT2D eigenvalue weighted by Crippen LogP contribution is 2.38. The lowest BCUT2D eigenvalue weighted by atomic mass is 10.3. The molecule has 2 rings (SSSR count). The molecule has 0 radical (unpaired) electrons. The second-order valence-electron chi connectivity index (χ2n) is 3.97. The third kappa shape index (κ3) is 3.29. The molecule has 5 nitrogen and oxygen atoms in total. The number of benzene rings is 1. The molecular weight excluding hydrogens is 234 g/mol. The molecule has 1 aromatic rings. The third-order valence-corrected chi connectivity index (χ3v) is 2.48. The van der Waals surface area contributed by atoms with Crippen LogP contribution in [0.1, 0.15) is 13.3 Å². The van der Waals surface area contributed by atoms with E-state index in [1.54, 1.807) is 0 Å². The molecule has 1 N–H and O–H groups in total. The summed E-state index contributed by atoms with van der Waals surface area (Å²) >= 11 is 0. The fourth-order valence-corrected chi connectivity index (χ4v) is 1.68. The number of fused-ring (bicyclic) bond motifs is 1. The van der Waals surface area contributed by atoms with E-state index >= 15 is 0 Å². The van der Waals surface area contributed by atoms with Gasteiger partial charge in [0.05, 0.1) is 6.61 Å². The van der Waals surface area contributed by atoms with Crippen molar-refractivity contribution in [1.29, 1.82) is 0 Å². The fourth-order valence-electron chi connectivity index (χ4n) is 1.68. The topological polar surface area (TPSA) is 56.8 Å². The first-order valence-corrected chi connectivity index (χ1v) is 6.03. The van der Waals surface area contributed by atoms with Gasteiger partial charge in [-0.2, -0.15) is 0 Å². The molecule has 0 fully saturated rings. The van der Waals surface area contributed by atoms with Gasteiger partial charge in [0.1, 0.15) is 13.2 Å². The van der Waals surface area contributed by atoms with Crippen LogP contribution in [0.3, 0.4) is 0 Å². The van der Waals surface area contributed by atoms with Crippen LogP contribution in [0.5, 0.6) is 17.2 Å². The second kappa shape index (κ2) is 6.14. The van der Waals surface area contributed by atoms with Gasteiger partial charge in [-0.05, 0) is 18.6 Å². The maximum Gasteiger partial charge on any atom is 0.216 e. The number of para-hydroxylation sites is 1. The SMILES string of the molecule is CC(=O)NCCCOc1cccc2c1OCCO2. The Bertz CT molecular complexity index is 419. The number of amides is 1. The van der Waals surface area contributed by atoms with E-state index in [4.69, 9.17) is 14.2 Å². The summed E-state index contributed by atoms with van der Waals surface area (Å²) in [6.45, 7) is 3.75. The molecule has 0 aliphatic carbocycles. The summed E-state index contributed by atoms with van der Waals surface area (Å²) < 4.78 is 16.6. The molecule has 0 atom stereocenters. The maximum atomic E-state index is 10.7. The Kier molecular flexibility index (Phi) is 4.28. The first kappa shape index (κ1) is 12.5. The van der Waals surface area contributed by atoms with Crippen LogP contribution in [-0.2, 0) is 4.79 Å². The van der Waals surface area contributed by atoms with Crippen molar-refractivity contribution in [3.05, 3.63) is 18.2 Å². The van der Waals surface area contributed by atoms with Crippen molar-refractivity contribution in [3.63, 3.8) is 0 Å². The molecule has 98 valence electrons. The van der Waals surface area contributed by atoms with Gasteiger partial charge in [0.15, 0.2) is 11.5 Å². The summed E-state index contributed by atoms with van der Waals surface area (Å²) in [4.78, 5) is 10.7. The molecule has 0 bridgehead atoms. The Hall–Kier alpha value is -1.91. The van der Waals surface area contributed by atoms with E-state index in [1.165, 1.54) is 6.92 Å². The van der Waals surface area contributed by atoms with Crippen LogP contribution < -0.4 is 19.5 Å². The Balaban J connectivity index is 1.84. The molecule has 1 amide bonds. The van der Waals surface area contributed by atoms with Crippen LogP contribution in [0.25, 0.3) is 0 Å². The van der Waals surface area contributed by atoms with Crippen molar-refractivity contribution < 1.29 is 19.0 Å². The lowest BCUT2D eigenvalue weighted by Crippen LogP contribution is -2.22. The van der Waals surface area contributed by atoms with Crippen molar-refractivity contribution in [2.45, 2.75) is 13.3 Å². The first-order chi connectivity index (χ1) is 8.77. The Morgan fingerprint density at radius 2 is 2.22 bits per heavy atom. The molecular formula is C13H17NO4. The van der Waals surface area contributed by atoms with Gasteiger partial charge < -0.3 is 19.5 Å². The smallest absolute Gasteiger partial charge is 0.216 e. The molecule has 0 aromatic heterocycles. The van der Waals surface area contributed by atoms with Crippen molar-refractivity contribution in [2.75, 3.05) is 26.4 Å². The monoisotopic (exact) mass is 251 g/mol. The van der Waals surface area contributed by atoms with Crippen molar-refractivity contribution in [1.82, 2.24) is 5.32 Å². The predicted molar refractivity (Wildman–Crippen MR) is 66.2 cm³/mol. The van der Waals surface area contributed by atoms with E-state index in [9.17, 15) is 4.79 Å². The summed E-state index contributed by atoms with van der Waals surface area (Å²) in [5.74, 6) is 2.06. The summed E-state index contributed by atoms with van der Waals surface area (Å²) in [5.41, 5.74) is 0. The molecule has 5 heteroatoms. The van der Waals surface area contributed by atoms with E-state index in [2.05, 4.69) is 5.32 Å². The van der Waals surface area contributed by atoms with E-state index in [0.29, 0.717) is 37.9 Å². The van der Waals surface area contributed by atoms with Gasteiger partial charge in [0.25, 0.3) is 0 Å². The van der Waals surface area contributed by atoms with Gasteiger partial charge in [-0.3, -0.25) is 4.79 Å². The number of carbonyl (C=O) groups excluding carboxylic acids is 1. The fraction of sp³-hybridized carbons (Fsp3) is 0.462. The largest absolute Gasteiger partial charge is 0.489 e. The molecule has 0 saturated heterocycles. The molecule has 1 aromatic carbocycles. The molecule has 1 aliphatic rings. The van der Waals surface area contributed by atoms with Crippen LogP contribution in [0, 0.1) is 0 Å². The highest BCUT2D eigenvalue weighted by Gasteiger charge is 2.16. The van der Waals surface area contributed by atoms with Gasteiger partial charge >= 0.3 is 0 Å². The second-order valence-corrected chi connectivity index (χ2v) is 3.97. The van der Waals surface area contributed by atoms with E-state index in [0.717, 1.165) is 12.2 Å². The van der Waals surface area contributed by atoms with Crippen molar-refractivity contribution in [3.8, 4) is 17.2 Å². The van der Waals surface area contributed by atoms with Crippen LogP contribution in [0.4, 0.5) is 0 Å². The minimum Gasteiger partial charge on any atom is -0.489 e. The normalized spacial score (nSPS) is 12.9. The molecule has 1 heterocycles. The van der Waals surface area contributed by atoms with Crippen molar-refractivity contribution >= 4 is 5.91 Å². The highest BCUT2D eigenvalue weighted by molar-refractivity contribution is 5.72. The maximum absolute atomic E-state index is 10.7. The van der Waals surface area contributed by atoms with Crippen LogP contribution in [0.15, 0.2) is 18.2 Å². The number of rotatable bonds is 5. The minimum absolute atomic E-state index is 0.0242. The number of hydrogen-bond acceptors (Lipinski definition) is 4. The van der Waals surface area contributed by atoms with Crippen LogP contribution >= 0.6 is 0 Å². The lowest BCUT2D eigenvalue weighted by Gasteiger charge is -2.20. The third-order valence-electron chi connectivity index (χ3n) is 2.48. The zero-order valence-electron chi connectivity index (χ0n) is 10.4. The zero-order chi connectivity index (χ0) is 12.8. The average Bonchev–Trinajstić information content (AvgIpc) is 2.38. The van der Waals surface area contributed by atoms with Gasteiger partial charge in [-0.25, -0.2) is 0 Å². The first-order valence-electron chi connectivity index (χ1n) is 6.03. The quantitative estimate of drug-likeness (QED) is 0.803. The number of hydrogen-bond donors (Lipinski definition) is 1. The van der Waals surface area contributed by atoms with Crippen LogP contribution in [-0.4, -0.2) is 32.3 Å². The predicted octanol–water partition coefficient (Wildman–Crippen LogP) is 1.36. The lowest BCUT2D eigenvalue weighted by molar-refractivity contribution is -0.118. The van der Waals surface area contributed by atoms with E-state index in [1.807, 2.05) is 18.2 Å². The molecule has 0 saturated carbocycles. The molecule has 18 heavy (non-hydrogen) atoms. The number of ether oxygens (including phenoxy) is 3. The summed E-state index contributed by atoms with van der Waals surface area (Å²) in [5, 5.41) is 2.72. The van der Waals surface area contributed by atoms with Gasteiger partial charge in [-0.1, -0.05) is 6.07 Å². The Morgan fingerprint density at radius 1 is 1.39 bits per heavy atom. The van der Waals surface area contributed by atoms with Gasteiger partial charge in [-0.15, -0.1) is 0 Å². The van der Waals surface area contributed by atoms with Gasteiger partial charge in [0, 0.05) is 13.5 Å². The van der Waals surface area contributed by atoms with Crippen molar-refractivity contribution in [2.24, 2.45) is 0 Å². The summed E-state index contributed by atoms with van der Waals surface area (Å²) in [6.07, 6.45) is 0.754. The van der Waals surface area contributed by atoms with E-state index in [-0.39, 0.29) is 5.91 Å². The standard InChI is InChI=1S/C13H17NO4/c1-10(15)14-6-3-7-16-11-4-2-5-12-13(11)18-9-8-17-12/h2,4-5H,3,6-9H2,1H3,(H,14,15).